The van der Waals surface area contributed by atoms with Crippen molar-refractivity contribution in [2.24, 2.45) is 9.01 Å². The van der Waals surface area contributed by atoms with Gasteiger partial charge in [0.25, 0.3) is 0 Å². The molecule has 0 aliphatic carbocycles. The lowest BCUT2D eigenvalue weighted by Crippen LogP contribution is -2.04. The molecule has 0 spiro atoms. The Labute approximate surface area is 68.0 Å². The topological polar surface area (TPSA) is 54.2 Å². The number of hydrogen-bond acceptors (Lipinski definition) is 3. The molecule has 10 heavy (non-hydrogen) atoms. The number of aliphatic imine (C=N–C) groups is 1. The second kappa shape index (κ2) is 6.70. The van der Waals surface area contributed by atoms with Crippen LogP contribution in [0.3, 0.4) is 0 Å². The van der Waals surface area contributed by atoms with Crippen molar-refractivity contribution in [2.75, 3.05) is 13.2 Å². The van der Waals surface area contributed by atoms with Crippen LogP contribution in [0.4, 0.5) is 0 Å². The van der Waals surface area contributed by atoms with Crippen LogP contribution in [0, 0.1) is 0 Å². The molecule has 0 aromatic rings. The first-order valence-electron chi connectivity index (χ1n) is 2.72. The molecule has 4 nitrogen and oxygen atoms in total. The van der Waals surface area contributed by atoms with Gasteiger partial charge in [-0.25, -0.2) is 4.99 Å². The van der Waals surface area contributed by atoms with Crippen LogP contribution in [-0.4, -0.2) is 30.6 Å². The maximum absolute atomic E-state index is 8.32. The summed E-state index contributed by atoms with van der Waals surface area (Å²) in [5.74, 6) is 0.484. The van der Waals surface area contributed by atoms with Gasteiger partial charge in [0.2, 0.25) is 0 Å². The van der Waals surface area contributed by atoms with Crippen LogP contribution < -0.4 is 0 Å². The van der Waals surface area contributed by atoms with E-state index in [4.69, 9.17) is 9.84 Å². The minimum Gasteiger partial charge on any atom is -0.478 e. The lowest BCUT2D eigenvalue weighted by molar-refractivity contribution is 0.193. The molecular weight excluding hydrogens is 200 g/mol. The highest BCUT2D eigenvalue weighted by Crippen LogP contribution is 1.82. The summed E-state index contributed by atoms with van der Waals surface area (Å²) in [4.78, 5) is 3.72. The van der Waals surface area contributed by atoms with E-state index in [1.807, 2.05) is 0 Å². The molecule has 0 saturated heterocycles. The second-order valence-corrected chi connectivity index (χ2v) is 1.84. The highest BCUT2D eigenvalue weighted by Gasteiger charge is 1.86. The zero-order valence-electron chi connectivity index (χ0n) is 5.62. The maximum Gasteiger partial charge on any atom is 0.186 e. The molecule has 0 aliphatic heterocycles. The summed E-state index contributed by atoms with van der Waals surface area (Å²) < 4.78 is 8.32. The minimum atomic E-state index is -0.00167. The van der Waals surface area contributed by atoms with Crippen LogP contribution in [0.5, 0.6) is 0 Å². The number of aliphatic hydroxyl groups excluding tert-OH is 1. The predicted octanol–water partition coefficient (Wildman–Crippen LogP) is 0.752. The average molecular weight is 209 g/mol. The molecular formula is C5H9BrN2O2. The van der Waals surface area contributed by atoms with Gasteiger partial charge in [0.1, 0.15) is 12.9 Å². The van der Waals surface area contributed by atoms with E-state index in [1.165, 1.54) is 6.34 Å². The third-order valence-corrected chi connectivity index (χ3v) is 0.869. The van der Waals surface area contributed by atoms with Gasteiger partial charge < -0.3 is 9.84 Å². The first kappa shape index (κ1) is 9.58. The van der Waals surface area contributed by atoms with E-state index < -0.39 is 0 Å². The van der Waals surface area contributed by atoms with Crippen LogP contribution in [0.25, 0.3) is 0 Å². The Bertz CT molecular complexity index is 136. The average Bonchev–Trinajstić information content (AvgIpc) is 1.97. The summed E-state index contributed by atoms with van der Waals surface area (Å²) in [6.45, 7) is 1.95. The molecule has 0 aromatic heterocycles. The zero-order chi connectivity index (χ0) is 7.82. The van der Waals surface area contributed by atoms with Crippen LogP contribution in [-0.2, 0) is 4.74 Å². The molecule has 0 heterocycles. The third kappa shape index (κ3) is 5.71. The number of aliphatic hydroxyl groups is 1. The Morgan fingerprint density at radius 1 is 1.80 bits per heavy atom. The maximum atomic E-state index is 8.32. The fourth-order valence-electron chi connectivity index (χ4n) is 0.334. The third-order valence-electron chi connectivity index (χ3n) is 0.685. The monoisotopic (exact) mass is 208 g/mol. The lowest BCUT2D eigenvalue weighted by Gasteiger charge is -1.99. The highest BCUT2D eigenvalue weighted by molar-refractivity contribution is 9.08. The van der Waals surface area contributed by atoms with E-state index in [0.29, 0.717) is 5.90 Å². The summed E-state index contributed by atoms with van der Waals surface area (Å²) in [7, 11) is 0. The molecule has 0 saturated carbocycles. The van der Waals surface area contributed by atoms with Crippen molar-refractivity contribution >= 4 is 28.4 Å². The number of halogens is 1. The smallest absolute Gasteiger partial charge is 0.186 e. The Morgan fingerprint density at radius 2 is 2.50 bits per heavy atom. The van der Waals surface area contributed by atoms with E-state index in [1.54, 1.807) is 6.92 Å². The molecule has 1 N–H and O–H groups in total. The summed E-state index contributed by atoms with van der Waals surface area (Å²) in [6, 6.07) is 0. The number of ether oxygens (including phenoxy) is 1. The molecule has 0 rings (SSSR count). The van der Waals surface area contributed by atoms with E-state index in [9.17, 15) is 0 Å². The zero-order valence-corrected chi connectivity index (χ0v) is 7.21. The SMILES string of the molecule is CC(=NC=NBr)OCCO. The summed E-state index contributed by atoms with van der Waals surface area (Å²) in [6.07, 6.45) is 1.31. The molecule has 0 fully saturated rings. The van der Waals surface area contributed by atoms with Crippen LogP contribution in [0.15, 0.2) is 9.01 Å². The van der Waals surface area contributed by atoms with E-state index >= 15 is 0 Å². The van der Waals surface area contributed by atoms with Gasteiger partial charge in [0.15, 0.2) is 5.90 Å². The molecule has 5 heteroatoms. The molecule has 0 radical (unpaired) electrons. The standard InChI is InChI=1S/C5H9BrN2O2/c1-5(7-4-8-6)10-3-2-9/h4,9H,2-3H2,1H3. The van der Waals surface area contributed by atoms with E-state index in [0.717, 1.165) is 0 Å². The summed E-state index contributed by atoms with van der Waals surface area (Å²) in [5.41, 5.74) is 0. The predicted molar refractivity (Wildman–Crippen MR) is 43.6 cm³/mol. The minimum absolute atomic E-state index is 0.00167. The van der Waals surface area contributed by atoms with Crippen molar-refractivity contribution in [1.82, 2.24) is 0 Å². The van der Waals surface area contributed by atoms with Gasteiger partial charge in [-0.1, -0.05) is 0 Å². The largest absolute Gasteiger partial charge is 0.478 e. The van der Waals surface area contributed by atoms with Crippen LogP contribution in [0.1, 0.15) is 6.92 Å². The molecule has 58 valence electrons. The van der Waals surface area contributed by atoms with Gasteiger partial charge in [-0.3, -0.25) is 0 Å². The van der Waals surface area contributed by atoms with Gasteiger partial charge in [-0.05, 0) is 0 Å². The van der Waals surface area contributed by atoms with Crippen molar-refractivity contribution in [3.05, 3.63) is 0 Å². The first-order valence-corrected chi connectivity index (χ1v) is 3.43. The van der Waals surface area contributed by atoms with E-state index in [2.05, 4.69) is 25.2 Å². The van der Waals surface area contributed by atoms with Crippen molar-refractivity contribution in [3.8, 4) is 0 Å². The molecule has 0 aromatic carbocycles. The van der Waals surface area contributed by atoms with Crippen LogP contribution in [0.2, 0.25) is 0 Å². The number of nitrogens with zero attached hydrogens (tertiary/aromatic N) is 2. The Hall–Kier alpha value is -0.420. The summed E-state index contributed by atoms with van der Waals surface area (Å²) in [5, 5.41) is 8.32. The van der Waals surface area contributed by atoms with Crippen molar-refractivity contribution < 1.29 is 9.84 Å². The fraction of sp³-hybridized carbons (Fsp3) is 0.600. The van der Waals surface area contributed by atoms with Gasteiger partial charge in [0.05, 0.1) is 22.8 Å². The van der Waals surface area contributed by atoms with Gasteiger partial charge in [-0.2, -0.15) is 4.02 Å². The van der Waals surface area contributed by atoms with E-state index in [-0.39, 0.29) is 13.2 Å². The molecule has 0 amide bonds. The number of rotatable bonds is 3. The van der Waals surface area contributed by atoms with Crippen molar-refractivity contribution in [1.29, 1.82) is 0 Å². The molecule has 0 aliphatic rings. The Balaban J connectivity index is 3.49. The first-order chi connectivity index (χ1) is 4.81. The van der Waals surface area contributed by atoms with Gasteiger partial charge in [0, 0.05) is 6.92 Å². The van der Waals surface area contributed by atoms with Crippen molar-refractivity contribution in [2.45, 2.75) is 6.92 Å². The van der Waals surface area contributed by atoms with Gasteiger partial charge in [-0.15, -0.1) is 0 Å². The molecule has 0 unspecified atom stereocenters. The normalized spacial score (nSPS) is 12.5. The quantitative estimate of drug-likeness (QED) is 0.550. The van der Waals surface area contributed by atoms with Gasteiger partial charge >= 0.3 is 0 Å². The fourth-order valence-corrected chi connectivity index (χ4v) is 0.425. The summed E-state index contributed by atoms with van der Waals surface area (Å²) >= 11 is 2.80. The Kier molecular flexibility index (Phi) is 6.42. The van der Waals surface area contributed by atoms with Crippen LogP contribution >= 0.6 is 16.1 Å². The second-order valence-electron chi connectivity index (χ2n) is 1.43. The Morgan fingerprint density at radius 3 is 3.00 bits per heavy atom. The molecule has 0 atom stereocenters. The molecule has 0 bridgehead atoms. The highest BCUT2D eigenvalue weighted by atomic mass is 79.9. The lowest BCUT2D eigenvalue weighted by atomic mass is 10.7. The van der Waals surface area contributed by atoms with Crippen molar-refractivity contribution in [3.63, 3.8) is 0 Å². The number of hydrogen-bond donors (Lipinski definition) is 1.